The van der Waals surface area contributed by atoms with E-state index in [1.54, 1.807) is 12.1 Å². The first-order valence-corrected chi connectivity index (χ1v) is 8.14. The normalized spacial score (nSPS) is 21.2. The second kappa shape index (κ2) is 5.42. The van der Waals surface area contributed by atoms with Crippen LogP contribution in [0.2, 0.25) is 0 Å². The highest BCUT2D eigenvalue weighted by molar-refractivity contribution is 7.91. The van der Waals surface area contributed by atoms with Crippen LogP contribution in [-0.2, 0) is 9.84 Å². The summed E-state index contributed by atoms with van der Waals surface area (Å²) in [5.74, 6) is -0.0217. The van der Waals surface area contributed by atoms with Crippen LogP contribution in [0, 0.1) is 11.7 Å². The minimum atomic E-state index is -2.90. The maximum absolute atomic E-state index is 13.6. The zero-order valence-electron chi connectivity index (χ0n) is 10.2. The van der Waals surface area contributed by atoms with E-state index in [2.05, 4.69) is 5.32 Å². The third-order valence-electron chi connectivity index (χ3n) is 3.17. The second-order valence-electron chi connectivity index (χ2n) is 4.68. The molecule has 0 radical (unpaired) electrons. The largest absolute Gasteiger partial charge is 0.389 e. The van der Waals surface area contributed by atoms with Crippen molar-refractivity contribution in [2.24, 2.45) is 11.7 Å². The molecule has 1 saturated heterocycles. The van der Waals surface area contributed by atoms with Gasteiger partial charge in [0.2, 0.25) is 0 Å². The standard InChI is InChI=1S/C12H15FN2O2S2/c13-9-2-1-3-10(11(9)12(14)18)15-6-8-4-5-19(16,17)7-8/h1-3,8,15H,4-7H2,(H2,14,18). The smallest absolute Gasteiger partial charge is 0.150 e. The summed E-state index contributed by atoms with van der Waals surface area (Å²) >= 11 is 4.82. The molecule has 1 heterocycles. The number of nitrogens with one attached hydrogen (secondary N) is 1. The molecule has 1 fully saturated rings. The minimum Gasteiger partial charge on any atom is -0.389 e. The van der Waals surface area contributed by atoms with Crippen LogP contribution in [0.25, 0.3) is 0 Å². The number of halogens is 1. The van der Waals surface area contributed by atoms with Crippen LogP contribution in [0.3, 0.4) is 0 Å². The summed E-state index contributed by atoms with van der Waals surface area (Å²) in [6.07, 6.45) is 0.632. The Morgan fingerprint density at radius 2 is 2.26 bits per heavy atom. The molecule has 0 aromatic heterocycles. The number of nitrogens with two attached hydrogens (primary N) is 1. The summed E-state index contributed by atoms with van der Waals surface area (Å²) in [6.45, 7) is 0.471. The minimum absolute atomic E-state index is 0.0142. The van der Waals surface area contributed by atoms with Crippen LogP contribution < -0.4 is 11.1 Å². The lowest BCUT2D eigenvalue weighted by atomic mass is 10.1. The van der Waals surface area contributed by atoms with Gasteiger partial charge < -0.3 is 11.1 Å². The maximum Gasteiger partial charge on any atom is 0.150 e. The molecule has 0 saturated carbocycles. The van der Waals surface area contributed by atoms with Gasteiger partial charge in [-0.2, -0.15) is 0 Å². The van der Waals surface area contributed by atoms with Crippen molar-refractivity contribution >= 4 is 32.7 Å². The van der Waals surface area contributed by atoms with Crippen molar-refractivity contribution in [1.29, 1.82) is 0 Å². The van der Waals surface area contributed by atoms with E-state index < -0.39 is 15.7 Å². The topological polar surface area (TPSA) is 72.2 Å². The highest BCUT2D eigenvalue weighted by Gasteiger charge is 2.27. The fourth-order valence-electron chi connectivity index (χ4n) is 2.21. The Morgan fingerprint density at radius 1 is 1.53 bits per heavy atom. The molecule has 4 nitrogen and oxygen atoms in total. The Bertz CT molecular complexity index is 602. The average molecular weight is 302 g/mol. The van der Waals surface area contributed by atoms with Gasteiger partial charge in [-0.15, -0.1) is 0 Å². The van der Waals surface area contributed by atoms with E-state index in [1.807, 2.05) is 0 Å². The molecule has 1 aliphatic rings. The Labute approximate surface area is 117 Å². The molecule has 0 aliphatic carbocycles. The molecule has 1 aliphatic heterocycles. The van der Waals surface area contributed by atoms with Crippen molar-refractivity contribution in [3.05, 3.63) is 29.6 Å². The van der Waals surface area contributed by atoms with Crippen molar-refractivity contribution in [2.75, 3.05) is 23.4 Å². The Morgan fingerprint density at radius 3 is 2.84 bits per heavy atom. The summed E-state index contributed by atoms with van der Waals surface area (Å²) in [4.78, 5) is -0.0142. The highest BCUT2D eigenvalue weighted by atomic mass is 32.2. The molecule has 0 amide bonds. The van der Waals surface area contributed by atoms with E-state index in [-0.39, 0.29) is 28.0 Å². The van der Waals surface area contributed by atoms with Crippen molar-refractivity contribution in [3.63, 3.8) is 0 Å². The van der Waals surface area contributed by atoms with Crippen molar-refractivity contribution in [3.8, 4) is 0 Å². The average Bonchev–Trinajstić information content (AvgIpc) is 2.66. The van der Waals surface area contributed by atoms with Gasteiger partial charge in [-0.05, 0) is 24.5 Å². The summed E-state index contributed by atoms with van der Waals surface area (Å²) in [6, 6.07) is 4.53. The molecule has 1 aromatic rings. The van der Waals surface area contributed by atoms with Crippen LogP contribution in [0.4, 0.5) is 10.1 Å². The first kappa shape index (κ1) is 14.2. The summed E-state index contributed by atoms with van der Waals surface area (Å²) in [5, 5.41) is 3.04. The number of rotatable bonds is 4. The number of benzene rings is 1. The van der Waals surface area contributed by atoms with Gasteiger partial charge >= 0.3 is 0 Å². The highest BCUT2D eigenvalue weighted by Crippen LogP contribution is 2.22. The molecule has 19 heavy (non-hydrogen) atoms. The number of anilines is 1. The van der Waals surface area contributed by atoms with Crippen molar-refractivity contribution in [2.45, 2.75) is 6.42 Å². The monoisotopic (exact) mass is 302 g/mol. The molecule has 0 bridgehead atoms. The van der Waals surface area contributed by atoms with E-state index in [1.165, 1.54) is 6.07 Å². The van der Waals surface area contributed by atoms with Crippen LogP contribution >= 0.6 is 12.2 Å². The summed E-state index contributed by atoms with van der Waals surface area (Å²) in [7, 11) is -2.90. The second-order valence-corrected chi connectivity index (χ2v) is 7.35. The molecule has 3 N–H and O–H groups in total. The van der Waals surface area contributed by atoms with Crippen LogP contribution in [0.1, 0.15) is 12.0 Å². The lowest BCUT2D eigenvalue weighted by Gasteiger charge is -2.14. The molecule has 1 atom stereocenters. The quantitative estimate of drug-likeness (QED) is 0.821. The van der Waals surface area contributed by atoms with Gasteiger partial charge in [-0.3, -0.25) is 0 Å². The Hall–Kier alpha value is -1.21. The summed E-state index contributed by atoms with van der Waals surface area (Å²) < 4.78 is 36.3. The molecule has 1 unspecified atom stereocenters. The van der Waals surface area contributed by atoms with Crippen LogP contribution in [-0.4, -0.2) is 31.5 Å². The molecule has 104 valence electrons. The zero-order valence-corrected chi connectivity index (χ0v) is 11.9. The third-order valence-corrected chi connectivity index (χ3v) is 5.21. The fourth-order valence-corrected chi connectivity index (χ4v) is 4.28. The SMILES string of the molecule is NC(=S)c1c(F)cccc1NCC1CCS(=O)(=O)C1. The molecular formula is C12H15FN2O2S2. The number of hydrogen-bond acceptors (Lipinski definition) is 4. The van der Waals surface area contributed by atoms with E-state index in [9.17, 15) is 12.8 Å². The van der Waals surface area contributed by atoms with Gasteiger partial charge in [-0.1, -0.05) is 18.3 Å². The van der Waals surface area contributed by atoms with Gasteiger partial charge in [0, 0.05) is 12.2 Å². The number of sulfone groups is 1. The predicted octanol–water partition coefficient (Wildman–Crippen LogP) is 1.31. The lowest BCUT2D eigenvalue weighted by Crippen LogP contribution is -2.19. The van der Waals surface area contributed by atoms with E-state index >= 15 is 0 Å². The first-order chi connectivity index (χ1) is 8.89. The maximum atomic E-state index is 13.6. The Kier molecular flexibility index (Phi) is 4.05. The van der Waals surface area contributed by atoms with Crippen molar-refractivity contribution < 1.29 is 12.8 Å². The van der Waals surface area contributed by atoms with Crippen molar-refractivity contribution in [1.82, 2.24) is 0 Å². The van der Waals surface area contributed by atoms with Gasteiger partial charge in [0.1, 0.15) is 10.8 Å². The van der Waals surface area contributed by atoms with E-state index in [0.717, 1.165) is 0 Å². The summed E-state index contributed by atoms with van der Waals surface area (Å²) in [5.41, 5.74) is 6.19. The fraction of sp³-hybridized carbons (Fsp3) is 0.417. The van der Waals surface area contributed by atoms with Gasteiger partial charge in [0.25, 0.3) is 0 Å². The van der Waals surface area contributed by atoms with Crippen LogP contribution in [0.15, 0.2) is 18.2 Å². The zero-order chi connectivity index (χ0) is 14.0. The number of thiocarbonyl (C=S) groups is 1. The van der Waals surface area contributed by atoms with E-state index in [4.69, 9.17) is 18.0 Å². The van der Waals surface area contributed by atoms with Gasteiger partial charge in [0.15, 0.2) is 9.84 Å². The van der Waals surface area contributed by atoms with E-state index in [0.29, 0.717) is 18.7 Å². The number of hydrogen-bond donors (Lipinski definition) is 2. The lowest BCUT2D eigenvalue weighted by molar-refractivity contribution is 0.595. The first-order valence-electron chi connectivity index (χ1n) is 5.91. The molecule has 7 heteroatoms. The molecular weight excluding hydrogens is 287 g/mol. The Balaban J connectivity index is 2.08. The van der Waals surface area contributed by atoms with Crippen LogP contribution in [0.5, 0.6) is 0 Å². The van der Waals surface area contributed by atoms with Gasteiger partial charge in [-0.25, -0.2) is 12.8 Å². The third kappa shape index (κ3) is 3.42. The predicted molar refractivity (Wildman–Crippen MR) is 77.5 cm³/mol. The molecule has 2 rings (SSSR count). The molecule has 0 spiro atoms. The molecule has 1 aromatic carbocycles. The van der Waals surface area contributed by atoms with Gasteiger partial charge in [0.05, 0.1) is 17.1 Å².